The SMILES string of the molecule is C=CCC1CCC(CCO)CC1. The van der Waals surface area contributed by atoms with E-state index < -0.39 is 0 Å². The standard InChI is InChI=1S/C11H20O/c1-2-3-10-4-6-11(7-5-10)8-9-12/h2,10-12H,1,3-9H2. The number of rotatable bonds is 4. The fourth-order valence-corrected chi connectivity index (χ4v) is 2.17. The maximum Gasteiger partial charge on any atom is 0.0433 e. The Kier molecular flexibility index (Phi) is 4.37. The maximum atomic E-state index is 8.77. The Hall–Kier alpha value is -0.300. The van der Waals surface area contributed by atoms with Crippen molar-refractivity contribution in [2.24, 2.45) is 11.8 Å². The first-order chi connectivity index (χ1) is 5.86. The van der Waals surface area contributed by atoms with E-state index in [2.05, 4.69) is 6.58 Å². The number of allylic oxidation sites excluding steroid dienone is 1. The molecule has 0 aromatic heterocycles. The van der Waals surface area contributed by atoms with E-state index in [1.807, 2.05) is 6.08 Å². The van der Waals surface area contributed by atoms with Gasteiger partial charge in [-0.1, -0.05) is 18.9 Å². The van der Waals surface area contributed by atoms with Crippen LogP contribution in [0.1, 0.15) is 38.5 Å². The fourth-order valence-electron chi connectivity index (χ4n) is 2.17. The zero-order chi connectivity index (χ0) is 8.81. The Labute approximate surface area is 75.5 Å². The molecule has 1 nitrogen and oxygen atoms in total. The Morgan fingerprint density at radius 2 is 1.75 bits per heavy atom. The van der Waals surface area contributed by atoms with Crippen molar-refractivity contribution in [1.82, 2.24) is 0 Å². The second-order valence-electron chi connectivity index (χ2n) is 3.92. The van der Waals surface area contributed by atoms with Crippen LogP contribution in [0.3, 0.4) is 0 Å². The molecule has 0 radical (unpaired) electrons. The molecule has 0 heterocycles. The summed E-state index contributed by atoms with van der Waals surface area (Å²) in [5.74, 6) is 1.69. The molecule has 12 heavy (non-hydrogen) atoms. The van der Waals surface area contributed by atoms with Crippen LogP contribution in [-0.2, 0) is 0 Å². The third-order valence-electron chi connectivity index (χ3n) is 3.00. The number of aliphatic hydroxyl groups excluding tert-OH is 1. The molecule has 0 spiro atoms. The second-order valence-corrected chi connectivity index (χ2v) is 3.92. The first-order valence-electron chi connectivity index (χ1n) is 5.08. The van der Waals surface area contributed by atoms with Crippen LogP contribution in [0.4, 0.5) is 0 Å². The summed E-state index contributed by atoms with van der Waals surface area (Å²) < 4.78 is 0. The van der Waals surface area contributed by atoms with E-state index in [1.54, 1.807) is 0 Å². The molecule has 70 valence electrons. The summed E-state index contributed by atoms with van der Waals surface area (Å²) in [6.07, 6.45) is 9.56. The summed E-state index contributed by atoms with van der Waals surface area (Å²) in [5.41, 5.74) is 0. The van der Waals surface area contributed by atoms with Gasteiger partial charge in [-0.15, -0.1) is 6.58 Å². The zero-order valence-corrected chi connectivity index (χ0v) is 7.84. The van der Waals surface area contributed by atoms with Gasteiger partial charge in [-0.3, -0.25) is 0 Å². The molecular weight excluding hydrogens is 148 g/mol. The Morgan fingerprint density at radius 1 is 1.17 bits per heavy atom. The molecule has 1 heteroatoms. The minimum absolute atomic E-state index is 0.372. The van der Waals surface area contributed by atoms with Gasteiger partial charge < -0.3 is 5.11 Å². The summed E-state index contributed by atoms with van der Waals surface area (Å²) in [7, 11) is 0. The fraction of sp³-hybridized carbons (Fsp3) is 0.818. The lowest BCUT2D eigenvalue weighted by atomic mass is 9.79. The van der Waals surface area contributed by atoms with E-state index in [0.29, 0.717) is 6.61 Å². The molecule has 1 saturated carbocycles. The summed E-state index contributed by atoms with van der Waals surface area (Å²) in [5, 5.41) is 8.77. The lowest BCUT2D eigenvalue weighted by molar-refractivity contribution is 0.206. The van der Waals surface area contributed by atoms with Crippen LogP contribution in [0.5, 0.6) is 0 Å². The summed E-state index contributed by atoms with van der Waals surface area (Å²) in [4.78, 5) is 0. The van der Waals surface area contributed by atoms with E-state index in [0.717, 1.165) is 18.3 Å². The van der Waals surface area contributed by atoms with Gasteiger partial charge in [-0.05, 0) is 37.5 Å². The Bertz CT molecular complexity index is 123. The molecule has 0 aromatic carbocycles. The second kappa shape index (κ2) is 5.36. The zero-order valence-electron chi connectivity index (χ0n) is 7.84. The number of hydrogen-bond acceptors (Lipinski definition) is 1. The molecule has 1 fully saturated rings. The predicted molar refractivity (Wildman–Crippen MR) is 52.0 cm³/mol. The van der Waals surface area contributed by atoms with Crippen molar-refractivity contribution in [1.29, 1.82) is 0 Å². The average molecular weight is 168 g/mol. The number of hydrogen-bond donors (Lipinski definition) is 1. The third kappa shape index (κ3) is 2.98. The van der Waals surface area contributed by atoms with Crippen molar-refractivity contribution in [2.75, 3.05) is 6.61 Å². The van der Waals surface area contributed by atoms with Crippen molar-refractivity contribution in [3.63, 3.8) is 0 Å². The van der Waals surface area contributed by atoms with Crippen molar-refractivity contribution in [3.8, 4) is 0 Å². The maximum absolute atomic E-state index is 8.77. The van der Waals surface area contributed by atoms with Crippen LogP contribution in [0.15, 0.2) is 12.7 Å². The van der Waals surface area contributed by atoms with E-state index in [1.165, 1.54) is 32.1 Å². The van der Waals surface area contributed by atoms with Crippen LogP contribution in [0, 0.1) is 11.8 Å². The van der Waals surface area contributed by atoms with Crippen LogP contribution < -0.4 is 0 Å². The average Bonchev–Trinajstić information content (AvgIpc) is 2.09. The molecule has 0 atom stereocenters. The van der Waals surface area contributed by atoms with Gasteiger partial charge in [0.2, 0.25) is 0 Å². The van der Waals surface area contributed by atoms with Crippen LogP contribution in [0.2, 0.25) is 0 Å². The molecule has 1 aliphatic rings. The van der Waals surface area contributed by atoms with Crippen molar-refractivity contribution in [2.45, 2.75) is 38.5 Å². The van der Waals surface area contributed by atoms with Gasteiger partial charge in [0.25, 0.3) is 0 Å². The topological polar surface area (TPSA) is 20.2 Å². The van der Waals surface area contributed by atoms with E-state index in [-0.39, 0.29) is 0 Å². The lowest BCUT2D eigenvalue weighted by Crippen LogP contribution is -2.14. The van der Waals surface area contributed by atoms with Gasteiger partial charge in [0.15, 0.2) is 0 Å². The molecule has 0 bridgehead atoms. The first-order valence-corrected chi connectivity index (χ1v) is 5.08. The molecule has 1 aliphatic carbocycles. The number of aliphatic hydroxyl groups is 1. The highest BCUT2D eigenvalue weighted by molar-refractivity contribution is 4.78. The molecule has 0 unspecified atom stereocenters. The highest BCUT2D eigenvalue weighted by Gasteiger charge is 2.19. The molecule has 0 aliphatic heterocycles. The summed E-state index contributed by atoms with van der Waals surface area (Å²) in [6, 6.07) is 0. The van der Waals surface area contributed by atoms with Gasteiger partial charge in [0, 0.05) is 6.61 Å². The quantitative estimate of drug-likeness (QED) is 0.640. The predicted octanol–water partition coefficient (Wildman–Crippen LogP) is 2.75. The molecule has 1 N–H and O–H groups in total. The molecule has 0 amide bonds. The Balaban J connectivity index is 2.15. The van der Waals surface area contributed by atoms with Crippen molar-refractivity contribution >= 4 is 0 Å². The normalized spacial score (nSPS) is 30.1. The summed E-state index contributed by atoms with van der Waals surface area (Å²) in [6.45, 7) is 4.14. The van der Waals surface area contributed by atoms with Gasteiger partial charge in [-0.25, -0.2) is 0 Å². The van der Waals surface area contributed by atoms with Crippen LogP contribution in [-0.4, -0.2) is 11.7 Å². The van der Waals surface area contributed by atoms with E-state index >= 15 is 0 Å². The van der Waals surface area contributed by atoms with Gasteiger partial charge >= 0.3 is 0 Å². The van der Waals surface area contributed by atoms with E-state index in [9.17, 15) is 0 Å². The highest BCUT2D eigenvalue weighted by Crippen LogP contribution is 2.32. The monoisotopic (exact) mass is 168 g/mol. The van der Waals surface area contributed by atoms with Gasteiger partial charge in [-0.2, -0.15) is 0 Å². The molecular formula is C11H20O. The van der Waals surface area contributed by atoms with Crippen molar-refractivity contribution < 1.29 is 5.11 Å². The minimum atomic E-state index is 0.372. The van der Waals surface area contributed by atoms with Gasteiger partial charge in [0.05, 0.1) is 0 Å². The van der Waals surface area contributed by atoms with Gasteiger partial charge in [0.1, 0.15) is 0 Å². The molecule has 0 saturated heterocycles. The molecule has 0 aromatic rings. The lowest BCUT2D eigenvalue weighted by Gasteiger charge is -2.27. The highest BCUT2D eigenvalue weighted by atomic mass is 16.3. The van der Waals surface area contributed by atoms with Crippen molar-refractivity contribution in [3.05, 3.63) is 12.7 Å². The summed E-state index contributed by atoms with van der Waals surface area (Å²) >= 11 is 0. The smallest absolute Gasteiger partial charge is 0.0433 e. The van der Waals surface area contributed by atoms with E-state index in [4.69, 9.17) is 5.11 Å². The van der Waals surface area contributed by atoms with Crippen LogP contribution >= 0.6 is 0 Å². The molecule has 1 rings (SSSR count). The Morgan fingerprint density at radius 3 is 2.25 bits per heavy atom. The first kappa shape index (κ1) is 9.79. The minimum Gasteiger partial charge on any atom is -0.396 e. The third-order valence-corrected chi connectivity index (χ3v) is 3.00. The largest absolute Gasteiger partial charge is 0.396 e. The van der Waals surface area contributed by atoms with Crippen LogP contribution in [0.25, 0.3) is 0 Å².